The van der Waals surface area contributed by atoms with Gasteiger partial charge in [-0.3, -0.25) is 4.79 Å². The molecule has 6 nitrogen and oxygen atoms in total. The third-order valence-electron chi connectivity index (χ3n) is 2.87. The van der Waals surface area contributed by atoms with Gasteiger partial charge in [0.25, 0.3) is 5.91 Å². The standard InChI is InChI=1S/C14H22N2O4/c1-18-8-6-16(7-9-19-2)14(17)12-10-11(15)4-5-13(12)20-3/h4-5,10H,6-9,15H2,1-3H3. The molecule has 0 heterocycles. The van der Waals surface area contributed by atoms with Gasteiger partial charge in [0.2, 0.25) is 0 Å². The predicted octanol–water partition coefficient (Wildman–Crippen LogP) is 1.01. The Hall–Kier alpha value is -1.79. The molecule has 2 N–H and O–H groups in total. The van der Waals surface area contributed by atoms with Gasteiger partial charge in [-0.2, -0.15) is 0 Å². The van der Waals surface area contributed by atoms with Gasteiger partial charge in [0.1, 0.15) is 5.75 Å². The molecule has 20 heavy (non-hydrogen) atoms. The number of rotatable bonds is 8. The monoisotopic (exact) mass is 282 g/mol. The van der Waals surface area contributed by atoms with Crippen LogP contribution in [0.5, 0.6) is 5.75 Å². The van der Waals surface area contributed by atoms with Gasteiger partial charge in [-0.05, 0) is 18.2 Å². The second-order valence-electron chi connectivity index (χ2n) is 4.24. The van der Waals surface area contributed by atoms with Crippen LogP contribution in [-0.4, -0.2) is 58.4 Å². The quantitative estimate of drug-likeness (QED) is 0.720. The van der Waals surface area contributed by atoms with Gasteiger partial charge in [0, 0.05) is 33.0 Å². The largest absolute Gasteiger partial charge is 0.496 e. The number of carbonyl (C=O) groups is 1. The summed E-state index contributed by atoms with van der Waals surface area (Å²) in [7, 11) is 4.72. The van der Waals surface area contributed by atoms with E-state index in [1.165, 1.54) is 7.11 Å². The van der Waals surface area contributed by atoms with E-state index in [2.05, 4.69) is 0 Å². The van der Waals surface area contributed by atoms with E-state index in [1.807, 2.05) is 0 Å². The van der Waals surface area contributed by atoms with Crippen molar-refractivity contribution in [2.45, 2.75) is 0 Å². The number of ether oxygens (including phenoxy) is 3. The molecule has 1 rings (SSSR count). The maximum absolute atomic E-state index is 12.6. The van der Waals surface area contributed by atoms with E-state index >= 15 is 0 Å². The number of carbonyl (C=O) groups excluding carboxylic acids is 1. The molecule has 0 saturated heterocycles. The van der Waals surface area contributed by atoms with E-state index < -0.39 is 0 Å². The maximum Gasteiger partial charge on any atom is 0.257 e. The van der Waals surface area contributed by atoms with Crippen LogP contribution in [0.15, 0.2) is 18.2 Å². The molecule has 0 bridgehead atoms. The highest BCUT2D eigenvalue weighted by Gasteiger charge is 2.19. The average molecular weight is 282 g/mol. The van der Waals surface area contributed by atoms with Crippen molar-refractivity contribution in [2.24, 2.45) is 0 Å². The van der Waals surface area contributed by atoms with Crippen LogP contribution in [0.25, 0.3) is 0 Å². The fraction of sp³-hybridized carbons (Fsp3) is 0.500. The summed E-state index contributed by atoms with van der Waals surface area (Å²) in [6.07, 6.45) is 0. The molecule has 0 radical (unpaired) electrons. The lowest BCUT2D eigenvalue weighted by Crippen LogP contribution is -2.36. The summed E-state index contributed by atoms with van der Waals surface area (Å²) in [6.45, 7) is 1.88. The van der Waals surface area contributed by atoms with Gasteiger partial charge >= 0.3 is 0 Å². The smallest absolute Gasteiger partial charge is 0.257 e. The lowest BCUT2D eigenvalue weighted by atomic mass is 10.1. The Bertz CT molecular complexity index is 429. The van der Waals surface area contributed by atoms with Crippen LogP contribution in [0.4, 0.5) is 5.69 Å². The molecule has 0 aliphatic carbocycles. The third kappa shape index (κ3) is 4.40. The van der Waals surface area contributed by atoms with Crippen LogP contribution in [0.2, 0.25) is 0 Å². The zero-order chi connectivity index (χ0) is 15.0. The van der Waals surface area contributed by atoms with Crippen LogP contribution < -0.4 is 10.5 Å². The van der Waals surface area contributed by atoms with E-state index in [0.29, 0.717) is 43.3 Å². The minimum atomic E-state index is -0.150. The van der Waals surface area contributed by atoms with Crippen LogP contribution in [0, 0.1) is 0 Å². The molecule has 0 saturated carbocycles. The van der Waals surface area contributed by atoms with E-state index in [9.17, 15) is 4.79 Å². The molecule has 1 amide bonds. The summed E-state index contributed by atoms with van der Waals surface area (Å²) in [5.74, 6) is 0.354. The molecule has 0 aliphatic heterocycles. The van der Waals surface area contributed by atoms with Gasteiger partial charge in [-0.15, -0.1) is 0 Å². The lowest BCUT2D eigenvalue weighted by molar-refractivity contribution is 0.0624. The van der Waals surface area contributed by atoms with Crippen molar-refractivity contribution in [3.8, 4) is 5.75 Å². The molecular weight excluding hydrogens is 260 g/mol. The van der Waals surface area contributed by atoms with Crippen molar-refractivity contribution in [2.75, 3.05) is 53.4 Å². The highest BCUT2D eigenvalue weighted by Crippen LogP contribution is 2.22. The number of nitrogen functional groups attached to an aromatic ring is 1. The van der Waals surface area contributed by atoms with Crippen molar-refractivity contribution in [3.05, 3.63) is 23.8 Å². The summed E-state index contributed by atoms with van der Waals surface area (Å²) >= 11 is 0. The predicted molar refractivity (Wildman–Crippen MR) is 77.1 cm³/mol. The molecular formula is C14H22N2O4. The van der Waals surface area contributed by atoms with Crippen molar-refractivity contribution in [1.29, 1.82) is 0 Å². The first-order valence-corrected chi connectivity index (χ1v) is 6.34. The number of hydrogen-bond acceptors (Lipinski definition) is 5. The molecule has 0 atom stereocenters. The fourth-order valence-corrected chi connectivity index (χ4v) is 1.78. The minimum absolute atomic E-state index is 0.150. The van der Waals surface area contributed by atoms with Gasteiger partial charge in [-0.25, -0.2) is 0 Å². The second-order valence-corrected chi connectivity index (χ2v) is 4.24. The van der Waals surface area contributed by atoms with Crippen LogP contribution in [0.3, 0.4) is 0 Å². The molecule has 112 valence electrons. The van der Waals surface area contributed by atoms with Gasteiger partial charge in [-0.1, -0.05) is 0 Å². The van der Waals surface area contributed by atoms with Crippen LogP contribution >= 0.6 is 0 Å². The van der Waals surface area contributed by atoms with E-state index in [1.54, 1.807) is 37.3 Å². The highest BCUT2D eigenvalue weighted by atomic mass is 16.5. The molecule has 0 spiro atoms. The summed E-state index contributed by atoms with van der Waals surface area (Å²) in [5, 5.41) is 0. The number of anilines is 1. The zero-order valence-corrected chi connectivity index (χ0v) is 12.2. The molecule has 0 aromatic heterocycles. The van der Waals surface area contributed by atoms with Crippen molar-refractivity contribution in [3.63, 3.8) is 0 Å². The number of methoxy groups -OCH3 is 3. The van der Waals surface area contributed by atoms with Gasteiger partial charge in [0.15, 0.2) is 0 Å². The fourth-order valence-electron chi connectivity index (χ4n) is 1.78. The molecule has 0 fully saturated rings. The number of hydrogen-bond donors (Lipinski definition) is 1. The zero-order valence-electron chi connectivity index (χ0n) is 12.2. The van der Waals surface area contributed by atoms with Gasteiger partial charge < -0.3 is 24.8 Å². The summed E-state index contributed by atoms with van der Waals surface area (Å²) in [5.41, 5.74) is 6.71. The Balaban J connectivity index is 2.94. The molecule has 1 aromatic carbocycles. The number of nitrogens with two attached hydrogens (primary N) is 1. The van der Waals surface area contributed by atoms with Crippen LogP contribution in [-0.2, 0) is 9.47 Å². The molecule has 0 aliphatic rings. The Morgan fingerprint density at radius 1 is 1.15 bits per heavy atom. The Morgan fingerprint density at radius 3 is 2.25 bits per heavy atom. The second kappa shape index (κ2) is 8.39. The number of amides is 1. The highest BCUT2D eigenvalue weighted by molar-refractivity contribution is 5.97. The number of nitrogens with zero attached hydrogens (tertiary/aromatic N) is 1. The maximum atomic E-state index is 12.6. The normalized spacial score (nSPS) is 10.3. The van der Waals surface area contributed by atoms with E-state index in [4.69, 9.17) is 19.9 Å². The Morgan fingerprint density at radius 2 is 1.75 bits per heavy atom. The van der Waals surface area contributed by atoms with Gasteiger partial charge in [0.05, 0.1) is 25.9 Å². The Labute approximate surface area is 119 Å². The lowest BCUT2D eigenvalue weighted by Gasteiger charge is -2.23. The molecule has 0 unspecified atom stereocenters. The van der Waals surface area contributed by atoms with Crippen molar-refractivity contribution < 1.29 is 19.0 Å². The average Bonchev–Trinajstić information content (AvgIpc) is 2.46. The molecule has 1 aromatic rings. The summed E-state index contributed by atoms with van der Waals surface area (Å²) in [4.78, 5) is 14.2. The first-order chi connectivity index (χ1) is 9.63. The third-order valence-corrected chi connectivity index (χ3v) is 2.87. The topological polar surface area (TPSA) is 74.0 Å². The summed E-state index contributed by atoms with van der Waals surface area (Å²) in [6, 6.07) is 5.01. The van der Waals surface area contributed by atoms with Crippen molar-refractivity contribution >= 4 is 11.6 Å². The van der Waals surface area contributed by atoms with Crippen LogP contribution in [0.1, 0.15) is 10.4 Å². The van der Waals surface area contributed by atoms with E-state index in [-0.39, 0.29) is 5.91 Å². The first-order valence-electron chi connectivity index (χ1n) is 6.34. The van der Waals surface area contributed by atoms with E-state index in [0.717, 1.165) is 0 Å². The summed E-state index contributed by atoms with van der Waals surface area (Å²) < 4.78 is 15.3. The first kappa shape index (κ1) is 16.3. The SMILES string of the molecule is COCCN(CCOC)C(=O)c1cc(N)ccc1OC. The number of benzene rings is 1. The minimum Gasteiger partial charge on any atom is -0.496 e. The van der Waals surface area contributed by atoms with Crippen molar-refractivity contribution in [1.82, 2.24) is 4.90 Å². The molecule has 6 heteroatoms. The Kier molecular flexibility index (Phi) is 6.83.